The Morgan fingerprint density at radius 2 is 2.33 bits per heavy atom. The van der Waals surface area contributed by atoms with Gasteiger partial charge in [0.05, 0.1) is 13.2 Å². The topological polar surface area (TPSA) is 44.5 Å². The fourth-order valence-electron chi connectivity index (χ4n) is 0.896. The molecule has 0 bridgehead atoms. The number of hydrogen-bond acceptors (Lipinski definition) is 3. The fraction of sp³-hybridized carbons (Fsp3) is 1.00. The lowest BCUT2D eigenvalue weighted by atomic mass is 10.0. The molecule has 1 aliphatic heterocycles. The summed E-state index contributed by atoms with van der Waals surface area (Å²) in [6.07, 6.45) is 0. The van der Waals surface area contributed by atoms with Crippen molar-refractivity contribution in [3.63, 3.8) is 0 Å². The van der Waals surface area contributed by atoms with E-state index in [0.29, 0.717) is 19.8 Å². The van der Waals surface area contributed by atoms with Gasteiger partial charge in [-0.15, -0.1) is 0 Å². The molecule has 1 saturated heterocycles. The van der Waals surface area contributed by atoms with Crippen LogP contribution in [0.25, 0.3) is 0 Å². The van der Waals surface area contributed by atoms with Crippen LogP contribution in [-0.2, 0) is 9.47 Å². The Morgan fingerprint density at radius 3 is 2.44 bits per heavy atom. The van der Waals surface area contributed by atoms with Crippen molar-refractivity contribution >= 4 is 0 Å². The predicted molar refractivity (Wildman–Crippen MR) is 34.2 cm³/mol. The molecule has 0 aromatic carbocycles. The average Bonchev–Trinajstić information content (AvgIpc) is 1.79. The molecule has 9 heavy (non-hydrogen) atoms. The molecule has 0 spiro atoms. The maximum Gasteiger partial charge on any atom is 0.127 e. The lowest BCUT2D eigenvalue weighted by Gasteiger charge is -2.39. The Hall–Kier alpha value is -0.120. The molecule has 0 aromatic heterocycles. The second-order valence-electron chi connectivity index (χ2n) is 2.31. The summed E-state index contributed by atoms with van der Waals surface area (Å²) in [6, 6.07) is 0. The monoisotopic (exact) mass is 131 g/mol. The van der Waals surface area contributed by atoms with Crippen LogP contribution >= 0.6 is 0 Å². The molecule has 3 heteroatoms. The molecule has 0 aliphatic carbocycles. The van der Waals surface area contributed by atoms with E-state index in [-0.39, 0.29) is 5.60 Å². The molecule has 0 unspecified atom stereocenters. The van der Waals surface area contributed by atoms with Crippen LogP contribution in [0.4, 0.5) is 0 Å². The highest BCUT2D eigenvalue weighted by molar-refractivity contribution is 4.88. The van der Waals surface area contributed by atoms with E-state index in [4.69, 9.17) is 15.2 Å². The Kier molecular flexibility index (Phi) is 2.05. The first kappa shape index (κ1) is 6.99. The number of rotatable bonds is 3. The first-order valence-electron chi connectivity index (χ1n) is 3.25. The summed E-state index contributed by atoms with van der Waals surface area (Å²) < 4.78 is 10.3. The van der Waals surface area contributed by atoms with Gasteiger partial charge in [-0.1, -0.05) is 0 Å². The molecule has 1 heterocycles. The van der Waals surface area contributed by atoms with Gasteiger partial charge in [0.25, 0.3) is 0 Å². The third-order valence-electron chi connectivity index (χ3n) is 1.55. The summed E-state index contributed by atoms with van der Waals surface area (Å²) in [5, 5.41) is 0. The molecule has 1 aliphatic rings. The minimum Gasteiger partial charge on any atom is -0.375 e. The molecule has 2 N–H and O–H groups in total. The molecule has 3 nitrogen and oxygen atoms in total. The first-order valence-corrected chi connectivity index (χ1v) is 3.25. The van der Waals surface area contributed by atoms with Crippen LogP contribution in [0.2, 0.25) is 0 Å². The molecule has 0 saturated carbocycles. The van der Waals surface area contributed by atoms with Gasteiger partial charge in [0.2, 0.25) is 0 Å². The third-order valence-corrected chi connectivity index (χ3v) is 1.55. The van der Waals surface area contributed by atoms with Crippen LogP contribution < -0.4 is 5.73 Å². The Morgan fingerprint density at radius 1 is 1.67 bits per heavy atom. The zero-order valence-corrected chi connectivity index (χ0v) is 5.72. The molecule has 0 aromatic rings. The highest BCUT2D eigenvalue weighted by Crippen LogP contribution is 2.19. The van der Waals surface area contributed by atoms with E-state index in [9.17, 15) is 0 Å². The SMILES string of the molecule is CCOC1(CN)COC1. The number of hydrogen-bond donors (Lipinski definition) is 1. The normalized spacial score (nSPS) is 23.3. The van der Waals surface area contributed by atoms with Gasteiger partial charge in [0, 0.05) is 13.2 Å². The second-order valence-corrected chi connectivity index (χ2v) is 2.31. The molecule has 0 amide bonds. The van der Waals surface area contributed by atoms with E-state index in [2.05, 4.69) is 0 Å². The Balaban J connectivity index is 2.28. The van der Waals surface area contributed by atoms with Crippen molar-refractivity contribution in [3.05, 3.63) is 0 Å². The van der Waals surface area contributed by atoms with E-state index in [1.807, 2.05) is 6.92 Å². The molecule has 54 valence electrons. The van der Waals surface area contributed by atoms with Gasteiger partial charge in [0.15, 0.2) is 0 Å². The van der Waals surface area contributed by atoms with Crippen LogP contribution in [0.5, 0.6) is 0 Å². The zero-order valence-electron chi connectivity index (χ0n) is 5.72. The zero-order chi connectivity index (χ0) is 6.74. The first-order chi connectivity index (χ1) is 4.33. The van der Waals surface area contributed by atoms with Crippen molar-refractivity contribution in [1.82, 2.24) is 0 Å². The summed E-state index contributed by atoms with van der Waals surface area (Å²) in [4.78, 5) is 0. The minimum absolute atomic E-state index is 0.130. The van der Waals surface area contributed by atoms with Crippen LogP contribution in [-0.4, -0.2) is 32.0 Å². The Labute approximate surface area is 55.1 Å². The smallest absolute Gasteiger partial charge is 0.127 e. The van der Waals surface area contributed by atoms with Crippen molar-refractivity contribution < 1.29 is 9.47 Å². The largest absolute Gasteiger partial charge is 0.375 e. The number of ether oxygens (including phenoxy) is 2. The van der Waals surface area contributed by atoms with Gasteiger partial charge < -0.3 is 15.2 Å². The van der Waals surface area contributed by atoms with Gasteiger partial charge in [-0.25, -0.2) is 0 Å². The van der Waals surface area contributed by atoms with Crippen LogP contribution in [0.3, 0.4) is 0 Å². The van der Waals surface area contributed by atoms with Crippen LogP contribution in [0, 0.1) is 0 Å². The van der Waals surface area contributed by atoms with Gasteiger partial charge in [-0.2, -0.15) is 0 Å². The molecule has 0 atom stereocenters. The molecule has 0 radical (unpaired) electrons. The van der Waals surface area contributed by atoms with Crippen molar-refractivity contribution in [1.29, 1.82) is 0 Å². The Bertz CT molecular complexity index is 85.5. The lowest BCUT2D eigenvalue weighted by Crippen LogP contribution is -2.57. The van der Waals surface area contributed by atoms with Crippen molar-refractivity contribution in [2.75, 3.05) is 26.4 Å². The molecule has 1 fully saturated rings. The van der Waals surface area contributed by atoms with Crippen molar-refractivity contribution in [2.24, 2.45) is 5.73 Å². The summed E-state index contributed by atoms with van der Waals surface area (Å²) in [7, 11) is 0. The molecular weight excluding hydrogens is 118 g/mol. The number of nitrogens with two attached hydrogens (primary N) is 1. The molecule has 1 rings (SSSR count). The summed E-state index contributed by atoms with van der Waals surface area (Å²) in [5.74, 6) is 0. The van der Waals surface area contributed by atoms with E-state index >= 15 is 0 Å². The maximum absolute atomic E-state index is 5.45. The summed E-state index contributed by atoms with van der Waals surface area (Å²) >= 11 is 0. The average molecular weight is 131 g/mol. The molecular formula is C6H13NO2. The standard InChI is InChI=1S/C6H13NO2/c1-2-9-6(3-7)4-8-5-6/h2-5,7H2,1H3. The van der Waals surface area contributed by atoms with Gasteiger partial charge in [-0.05, 0) is 6.92 Å². The summed E-state index contributed by atoms with van der Waals surface area (Å²) in [6.45, 7) is 4.59. The van der Waals surface area contributed by atoms with E-state index < -0.39 is 0 Å². The maximum atomic E-state index is 5.45. The quantitative estimate of drug-likeness (QED) is 0.574. The van der Waals surface area contributed by atoms with Crippen molar-refractivity contribution in [2.45, 2.75) is 12.5 Å². The van der Waals surface area contributed by atoms with E-state index in [0.717, 1.165) is 6.61 Å². The van der Waals surface area contributed by atoms with Crippen LogP contribution in [0.1, 0.15) is 6.92 Å². The van der Waals surface area contributed by atoms with Gasteiger partial charge in [0.1, 0.15) is 5.60 Å². The second kappa shape index (κ2) is 2.64. The van der Waals surface area contributed by atoms with Gasteiger partial charge >= 0.3 is 0 Å². The lowest BCUT2D eigenvalue weighted by molar-refractivity contribution is -0.200. The highest BCUT2D eigenvalue weighted by Gasteiger charge is 2.37. The highest BCUT2D eigenvalue weighted by atomic mass is 16.6. The van der Waals surface area contributed by atoms with E-state index in [1.165, 1.54) is 0 Å². The third kappa shape index (κ3) is 1.23. The van der Waals surface area contributed by atoms with Crippen molar-refractivity contribution in [3.8, 4) is 0 Å². The van der Waals surface area contributed by atoms with Crippen LogP contribution in [0.15, 0.2) is 0 Å². The minimum atomic E-state index is -0.130. The summed E-state index contributed by atoms with van der Waals surface area (Å²) in [5.41, 5.74) is 5.32. The van der Waals surface area contributed by atoms with Gasteiger partial charge in [-0.3, -0.25) is 0 Å². The predicted octanol–water partition coefficient (Wildman–Crippen LogP) is -0.249. The van der Waals surface area contributed by atoms with E-state index in [1.54, 1.807) is 0 Å². The fourth-order valence-corrected chi connectivity index (χ4v) is 0.896.